The molecular formula is C22H26F3NO4. The van der Waals surface area contributed by atoms with Crippen LogP contribution in [0.1, 0.15) is 44.0 Å². The first-order valence-electron chi connectivity index (χ1n) is 9.68. The Labute approximate surface area is 174 Å². The van der Waals surface area contributed by atoms with Crippen molar-refractivity contribution in [3.05, 3.63) is 59.7 Å². The van der Waals surface area contributed by atoms with Crippen LogP contribution in [0.25, 0.3) is 0 Å². The van der Waals surface area contributed by atoms with E-state index in [1.54, 1.807) is 55.5 Å². The normalized spacial score (nSPS) is 13.4. The van der Waals surface area contributed by atoms with E-state index < -0.39 is 30.8 Å². The molecule has 8 heteroatoms. The number of nitrogens with one attached hydrogen (secondary N) is 1. The van der Waals surface area contributed by atoms with Gasteiger partial charge in [0.15, 0.2) is 17.6 Å². The highest BCUT2D eigenvalue weighted by Crippen LogP contribution is 2.31. The summed E-state index contributed by atoms with van der Waals surface area (Å²) in [5.74, 6) is 0.452. The van der Waals surface area contributed by atoms with Crippen molar-refractivity contribution in [2.45, 2.75) is 39.1 Å². The van der Waals surface area contributed by atoms with Gasteiger partial charge in [0.25, 0.3) is 5.91 Å². The Morgan fingerprint density at radius 2 is 1.60 bits per heavy atom. The third-order valence-corrected chi connectivity index (χ3v) is 4.18. The topological polar surface area (TPSA) is 56.8 Å². The number of alkyl halides is 3. The van der Waals surface area contributed by atoms with E-state index in [4.69, 9.17) is 14.2 Å². The molecule has 0 bridgehead atoms. The van der Waals surface area contributed by atoms with Gasteiger partial charge in [0.05, 0.1) is 19.3 Å². The summed E-state index contributed by atoms with van der Waals surface area (Å²) in [7, 11) is 0. The molecule has 1 N–H and O–H groups in total. The fourth-order valence-corrected chi connectivity index (χ4v) is 2.84. The van der Waals surface area contributed by atoms with E-state index in [1.807, 2.05) is 13.8 Å². The Bertz CT molecular complexity index is 812. The van der Waals surface area contributed by atoms with Crippen molar-refractivity contribution in [2.24, 2.45) is 0 Å². The van der Waals surface area contributed by atoms with E-state index in [0.717, 1.165) is 5.56 Å². The Kier molecular flexibility index (Phi) is 8.53. The fourth-order valence-electron chi connectivity index (χ4n) is 2.84. The first kappa shape index (κ1) is 23.5. The first-order valence-corrected chi connectivity index (χ1v) is 9.68. The van der Waals surface area contributed by atoms with Crippen molar-refractivity contribution < 1.29 is 32.2 Å². The minimum absolute atomic E-state index is 0.341. The minimum atomic E-state index is -4.54. The van der Waals surface area contributed by atoms with Crippen molar-refractivity contribution >= 4 is 5.91 Å². The number of halogens is 3. The van der Waals surface area contributed by atoms with Crippen LogP contribution in [-0.2, 0) is 9.53 Å². The lowest BCUT2D eigenvalue weighted by Gasteiger charge is -2.22. The lowest BCUT2D eigenvalue weighted by atomic mass is 10.1. The smallest absolute Gasteiger partial charge is 0.411 e. The van der Waals surface area contributed by atoms with Crippen molar-refractivity contribution in [2.75, 3.05) is 19.8 Å². The van der Waals surface area contributed by atoms with Crippen LogP contribution in [0.4, 0.5) is 13.2 Å². The molecule has 1 amide bonds. The number of carbonyl (C=O) groups is 1. The Hall–Kier alpha value is -2.74. The predicted molar refractivity (Wildman–Crippen MR) is 107 cm³/mol. The maximum absolute atomic E-state index is 12.8. The zero-order valence-electron chi connectivity index (χ0n) is 17.2. The van der Waals surface area contributed by atoms with Gasteiger partial charge in [-0.25, -0.2) is 0 Å². The molecule has 2 aromatic carbocycles. The number of hydrogen-bond donors (Lipinski definition) is 1. The molecular weight excluding hydrogens is 399 g/mol. The third-order valence-electron chi connectivity index (χ3n) is 4.18. The molecule has 0 saturated carbocycles. The van der Waals surface area contributed by atoms with Gasteiger partial charge >= 0.3 is 6.18 Å². The lowest BCUT2D eigenvalue weighted by molar-refractivity contribution is -0.188. The summed E-state index contributed by atoms with van der Waals surface area (Å²) in [6.45, 7) is 4.82. The monoisotopic (exact) mass is 425 g/mol. The van der Waals surface area contributed by atoms with Crippen LogP contribution < -0.4 is 14.8 Å². The molecule has 0 saturated heterocycles. The van der Waals surface area contributed by atoms with Gasteiger partial charge in [0.1, 0.15) is 6.61 Å². The molecule has 0 aliphatic heterocycles. The maximum atomic E-state index is 12.8. The van der Waals surface area contributed by atoms with Gasteiger partial charge < -0.3 is 19.5 Å². The molecule has 0 aliphatic rings. The highest BCUT2D eigenvalue weighted by Gasteiger charge is 2.32. The Morgan fingerprint density at radius 1 is 0.967 bits per heavy atom. The highest BCUT2D eigenvalue weighted by atomic mass is 19.4. The second kappa shape index (κ2) is 10.9. The molecule has 164 valence electrons. The largest absolute Gasteiger partial charge is 0.490 e. The third kappa shape index (κ3) is 6.95. The average molecular weight is 425 g/mol. The zero-order valence-corrected chi connectivity index (χ0v) is 17.2. The molecule has 0 aliphatic carbocycles. The van der Waals surface area contributed by atoms with E-state index in [2.05, 4.69) is 5.32 Å². The summed E-state index contributed by atoms with van der Waals surface area (Å²) in [4.78, 5) is 12.8. The van der Waals surface area contributed by atoms with Gasteiger partial charge in [-0.15, -0.1) is 0 Å². The standard InChI is InChI=1S/C22H26F3NO4/c1-4-28-18-12-11-17(13-19(18)29-5-2)15(3)26-21(27)20(30-14-22(23,24)25)16-9-7-6-8-10-16/h6-13,15,20H,4-5,14H2,1-3H3,(H,26,27)/t15-,20-/m0/s1. The number of carbonyl (C=O) groups excluding carboxylic acids is 1. The van der Waals surface area contributed by atoms with E-state index in [-0.39, 0.29) is 0 Å². The van der Waals surface area contributed by atoms with Gasteiger partial charge in [-0.1, -0.05) is 36.4 Å². The van der Waals surface area contributed by atoms with Crippen LogP contribution in [-0.4, -0.2) is 31.9 Å². The van der Waals surface area contributed by atoms with Crippen LogP contribution >= 0.6 is 0 Å². The van der Waals surface area contributed by atoms with Crippen LogP contribution in [0.15, 0.2) is 48.5 Å². The van der Waals surface area contributed by atoms with E-state index in [1.165, 1.54) is 0 Å². The minimum Gasteiger partial charge on any atom is -0.490 e. The summed E-state index contributed by atoms with van der Waals surface area (Å²) < 4.78 is 54.0. The summed E-state index contributed by atoms with van der Waals surface area (Å²) in [6.07, 6.45) is -5.93. The molecule has 0 spiro atoms. The molecule has 0 aromatic heterocycles. The molecule has 2 atom stereocenters. The SMILES string of the molecule is CCOc1ccc([C@H](C)NC(=O)[C@@H](OCC(F)(F)F)c2ccccc2)cc1OCC. The number of amides is 1. The highest BCUT2D eigenvalue weighted by molar-refractivity contribution is 5.82. The molecule has 0 unspecified atom stereocenters. The van der Waals surface area contributed by atoms with Crippen molar-refractivity contribution in [3.8, 4) is 11.5 Å². The summed E-state index contributed by atoms with van der Waals surface area (Å²) in [5.41, 5.74) is 1.06. The molecule has 2 aromatic rings. The zero-order chi connectivity index (χ0) is 22.1. The van der Waals surface area contributed by atoms with Gasteiger partial charge in [0, 0.05) is 0 Å². The van der Waals surface area contributed by atoms with Crippen LogP contribution in [0.3, 0.4) is 0 Å². The van der Waals surface area contributed by atoms with Gasteiger partial charge in [-0.2, -0.15) is 13.2 Å². The fraction of sp³-hybridized carbons (Fsp3) is 0.409. The number of rotatable bonds is 10. The molecule has 0 fully saturated rings. The lowest BCUT2D eigenvalue weighted by Crippen LogP contribution is -2.34. The van der Waals surface area contributed by atoms with Gasteiger partial charge in [-0.05, 0) is 44.0 Å². The van der Waals surface area contributed by atoms with Gasteiger partial charge in [-0.3, -0.25) is 4.79 Å². The van der Waals surface area contributed by atoms with Crippen molar-refractivity contribution in [3.63, 3.8) is 0 Å². The summed E-state index contributed by atoms with van der Waals surface area (Å²) in [5, 5.41) is 2.72. The molecule has 0 heterocycles. The van der Waals surface area contributed by atoms with Crippen LogP contribution in [0.2, 0.25) is 0 Å². The van der Waals surface area contributed by atoms with Crippen molar-refractivity contribution in [1.82, 2.24) is 5.32 Å². The number of benzene rings is 2. The van der Waals surface area contributed by atoms with Gasteiger partial charge in [0.2, 0.25) is 0 Å². The Balaban J connectivity index is 2.18. The number of ether oxygens (including phenoxy) is 3. The second-order valence-electron chi connectivity index (χ2n) is 6.52. The summed E-state index contributed by atoms with van der Waals surface area (Å²) >= 11 is 0. The summed E-state index contributed by atoms with van der Waals surface area (Å²) in [6, 6.07) is 12.8. The van der Waals surface area contributed by atoms with Crippen LogP contribution in [0, 0.1) is 0 Å². The Morgan fingerprint density at radius 3 is 2.20 bits per heavy atom. The first-order chi connectivity index (χ1) is 14.2. The average Bonchev–Trinajstić information content (AvgIpc) is 2.69. The van der Waals surface area contributed by atoms with Crippen molar-refractivity contribution in [1.29, 1.82) is 0 Å². The number of hydrogen-bond acceptors (Lipinski definition) is 4. The second-order valence-corrected chi connectivity index (χ2v) is 6.52. The molecule has 5 nitrogen and oxygen atoms in total. The van der Waals surface area contributed by atoms with E-state index >= 15 is 0 Å². The molecule has 30 heavy (non-hydrogen) atoms. The molecule has 0 radical (unpaired) electrons. The quantitative estimate of drug-likeness (QED) is 0.583. The van der Waals surface area contributed by atoms with E-state index in [0.29, 0.717) is 30.3 Å². The molecule has 2 rings (SSSR count). The van der Waals surface area contributed by atoms with Crippen LogP contribution in [0.5, 0.6) is 11.5 Å². The predicted octanol–water partition coefficient (Wildman–Crippen LogP) is 4.98. The maximum Gasteiger partial charge on any atom is 0.411 e. The van der Waals surface area contributed by atoms with E-state index in [9.17, 15) is 18.0 Å².